The highest BCUT2D eigenvalue weighted by Crippen LogP contribution is 2.21. The van der Waals surface area contributed by atoms with Gasteiger partial charge >= 0.3 is 5.97 Å². The molecule has 0 spiro atoms. The van der Waals surface area contributed by atoms with Crippen LogP contribution in [-0.4, -0.2) is 55.2 Å². The smallest absolute Gasteiger partial charge is 0.323 e. The van der Waals surface area contributed by atoms with E-state index in [2.05, 4.69) is 15.4 Å². The minimum absolute atomic E-state index is 0.113. The standard InChI is InChI=1S/C17H23N5O3/c1-4-10-21(11-14(23)24)17(25)15(12(2)3)22-19-16(18-20-22)13-8-6-5-7-9-13/h5-9,12,15H,4,10-11H2,1-3H3,(H,23,24). The fourth-order valence-corrected chi connectivity index (χ4v) is 2.58. The van der Waals surface area contributed by atoms with E-state index in [9.17, 15) is 9.59 Å². The number of tetrazole rings is 1. The minimum Gasteiger partial charge on any atom is -0.480 e. The van der Waals surface area contributed by atoms with Crippen LogP contribution in [0.4, 0.5) is 0 Å². The third-order valence-electron chi connectivity index (χ3n) is 3.72. The van der Waals surface area contributed by atoms with Crippen LogP contribution < -0.4 is 0 Å². The van der Waals surface area contributed by atoms with Crippen molar-refractivity contribution in [1.82, 2.24) is 25.1 Å². The predicted octanol–water partition coefficient (Wildman–Crippen LogP) is 1.86. The summed E-state index contributed by atoms with van der Waals surface area (Å²) in [6.07, 6.45) is 0.671. The molecule has 1 atom stereocenters. The Labute approximate surface area is 146 Å². The first-order valence-corrected chi connectivity index (χ1v) is 8.29. The van der Waals surface area contributed by atoms with Crippen molar-refractivity contribution in [3.63, 3.8) is 0 Å². The van der Waals surface area contributed by atoms with Crippen LogP contribution >= 0.6 is 0 Å². The van der Waals surface area contributed by atoms with E-state index in [4.69, 9.17) is 5.11 Å². The number of rotatable bonds is 8. The van der Waals surface area contributed by atoms with Gasteiger partial charge in [0.05, 0.1) is 0 Å². The summed E-state index contributed by atoms with van der Waals surface area (Å²) >= 11 is 0. The molecule has 2 rings (SSSR count). The Balaban J connectivity index is 2.29. The Morgan fingerprint density at radius 3 is 2.48 bits per heavy atom. The zero-order valence-electron chi connectivity index (χ0n) is 14.7. The highest BCUT2D eigenvalue weighted by molar-refractivity contribution is 5.84. The van der Waals surface area contributed by atoms with E-state index in [1.165, 1.54) is 9.70 Å². The highest BCUT2D eigenvalue weighted by atomic mass is 16.4. The van der Waals surface area contributed by atoms with E-state index < -0.39 is 12.0 Å². The Morgan fingerprint density at radius 1 is 1.24 bits per heavy atom. The van der Waals surface area contributed by atoms with Crippen LogP contribution in [0.2, 0.25) is 0 Å². The van der Waals surface area contributed by atoms with Gasteiger partial charge in [-0.1, -0.05) is 51.1 Å². The Morgan fingerprint density at radius 2 is 1.92 bits per heavy atom. The van der Waals surface area contributed by atoms with E-state index >= 15 is 0 Å². The number of aliphatic carboxylic acids is 1. The molecule has 1 aromatic heterocycles. The molecule has 0 aliphatic heterocycles. The van der Waals surface area contributed by atoms with Crippen LogP contribution in [0.25, 0.3) is 11.4 Å². The summed E-state index contributed by atoms with van der Waals surface area (Å²) in [6, 6.07) is 8.66. The molecule has 0 fully saturated rings. The summed E-state index contributed by atoms with van der Waals surface area (Å²) in [4.78, 5) is 26.6. The summed E-state index contributed by atoms with van der Waals surface area (Å²) in [7, 11) is 0. The number of hydrogen-bond donors (Lipinski definition) is 1. The molecular weight excluding hydrogens is 322 g/mol. The van der Waals surface area contributed by atoms with Gasteiger partial charge in [-0.05, 0) is 17.6 Å². The second kappa shape index (κ2) is 8.36. The predicted molar refractivity (Wildman–Crippen MR) is 91.6 cm³/mol. The summed E-state index contributed by atoms with van der Waals surface area (Å²) in [5, 5.41) is 21.5. The van der Waals surface area contributed by atoms with Gasteiger partial charge < -0.3 is 10.0 Å². The Hall–Kier alpha value is -2.77. The Kier molecular flexibility index (Phi) is 6.21. The summed E-state index contributed by atoms with van der Waals surface area (Å²) in [6.45, 7) is 5.68. The number of carbonyl (C=O) groups excluding carboxylic acids is 1. The average Bonchev–Trinajstić information content (AvgIpc) is 3.04. The summed E-state index contributed by atoms with van der Waals surface area (Å²) in [5.74, 6) is -1.03. The second-order valence-electron chi connectivity index (χ2n) is 6.14. The SMILES string of the molecule is CCCN(CC(=O)O)C(=O)C(C(C)C)n1nnc(-c2ccccc2)n1. The molecule has 1 N–H and O–H groups in total. The molecule has 2 aromatic rings. The number of nitrogens with zero attached hydrogens (tertiary/aromatic N) is 5. The zero-order valence-corrected chi connectivity index (χ0v) is 14.7. The lowest BCUT2D eigenvalue weighted by Crippen LogP contribution is -2.43. The normalized spacial score (nSPS) is 12.2. The van der Waals surface area contributed by atoms with Gasteiger partial charge in [-0.15, -0.1) is 10.2 Å². The number of benzene rings is 1. The molecule has 1 aromatic carbocycles. The number of hydrogen-bond acceptors (Lipinski definition) is 5. The van der Waals surface area contributed by atoms with Crippen molar-refractivity contribution in [2.45, 2.75) is 33.2 Å². The first kappa shape index (κ1) is 18.6. The van der Waals surface area contributed by atoms with Gasteiger partial charge in [0.15, 0.2) is 6.04 Å². The monoisotopic (exact) mass is 345 g/mol. The lowest BCUT2D eigenvalue weighted by Gasteiger charge is -2.26. The molecule has 1 unspecified atom stereocenters. The van der Waals surface area contributed by atoms with Crippen molar-refractivity contribution in [1.29, 1.82) is 0 Å². The van der Waals surface area contributed by atoms with Gasteiger partial charge in [0.2, 0.25) is 11.7 Å². The quantitative estimate of drug-likeness (QED) is 0.783. The first-order chi connectivity index (χ1) is 11.9. The largest absolute Gasteiger partial charge is 0.480 e. The molecule has 1 amide bonds. The number of amides is 1. The molecule has 134 valence electrons. The molecule has 0 saturated heterocycles. The van der Waals surface area contributed by atoms with Crippen LogP contribution in [-0.2, 0) is 9.59 Å². The van der Waals surface area contributed by atoms with E-state index in [1.54, 1.807) is 0 Å². The van der Waals surface area contributed by atoms with Gasteiger partial charge in [-0.25, -0.2) is 0 Å². The second-order valence-corrected chi connectivity index (χ2v) is 6.14. The van der Waals surface area contributed by atoms with Crippen LogP contribution in [0.1, 0.15) is 33.2 Å². The maximum absolute atomic E-state index is 12.9. The van der Waals surface area contributed by atoms with Gasteiger partial charge in [-0.3, -0.25) is 9.59 Å². The maximum atomic E-state index is 12.9. The molecule has 0 aliphatic rings. The van der Waals surface area contributed by atoms with E-state index in [1.807, 2.05) is 51.1 Å². The number of aromatic nitrogens is 4. The topological polar surface area (TPSA) is 101 Å². The van der Waals surface area contributed by atoms with Crippen molar-refractivity contribution in [3.05, 3.63) is 30.3 Å². The molecule has 8 nitrogen and oxygen atoms in total. The molecule has 0 saturated carbocycles. The number of carbonyl (C=O) groups is 2. The third kappa shape index (κ3) is 4.62. The van der Waals surface area contributed by atoms with Crippen LogP contribution in [0, 0.1) is 5.92 Å². The molecule has 0 aliphatic carbocycles. The van der Waals surface area contributed by atoms with E-state index in [0.29, 0.717) is 18.8 Å². The Bertz CT molecular complexity index is 714. The van der Waals surface area contributed by atoms with E-state index in [0.717, 1.165) is 5.56 Å². The number of carboxylic acids is 1. The molecule has 0 bridgehead atoms. The van der Waals surface area contributed by atoms with Gasteiger partial charge in [-0.2, -0.15) is 4.80 Å². The highest BCUT2D eigenvalue weighted by Gasteiger charge is 2.31. The van der Waals surface area contributed by atoms with Crippen molar-refractivity contribution in [3.8, 4) is 11.4 Å². The molecular formula is C17H23N5O3. The van der Waals surface area contributed by atoms with Gasteiger partial charge in [0, 0.05) is 12.1 Å². The van der Waals surface area contributed by atoms with Crippen molar-refractivity contribution in [2.24, 2.45) is 5.92 Å². The maximum Gasteiger partial charge on any atom is 0.323 e. The fourth-order valence-electron chi connectivity index (χ4n) is 2.58. The van der Waals surface area contributed by atoms with E-state index in [-0.39, 0.29) is 18.4 Å². The van der Waals surface area contributed by atoms with Crippen molar-refractivity contribution < 1.29 is 14.7 Å². The fraction of sp³-hybridized carbons (Fsp3) is 0.471. The number of carboxylic acid groups (broad SMARTS) is 1. The van der Waals surface area contributed by atoms with Crippen LogP contribution in [0.3, 0.4) is 0 Å². The van der Waals surface area contributed by atoms with Gasteiger partial charge in [0.25, 0.3) is 0 Å². The van der Waals surface area contributed by atoms with Gasteiger partial charge in [0.1, 0.15) is 6.54 Å². The van der Waals surface area contributed by atoms with Crippen LogP contribution in [0.5, 0.6) is 0 Å². The lowest BCUT2D eigenvalue weighted by atomic mass is 10.0. The zero-order chi connectivity index (χ0) is 18.4. The summed E-state index contributed by atoms with van der Waals surface area (Å²) in [5.41, 5.74) is 0.805. The minimum atomic E-state index is -1.04. The molecule has 0 radical (unpaired) electrons. The third-order valence-corrected chi connectivity index (χ3v) is 3.72. The molecule has 25 heavy (non-hydrogen) atoms. The molecule has 1 heterocycles. The van der Waals surface area contributed by atoms with Crippen LogP contribution in [0.15, 0.2) is 30.3 Å². The molecule has 8 heteroatoms. The van der Waals surface area contributed by atoms with Crippen molar-refractivity contribution in [2.75, 3.05) is 13.1 Å². The lowest BCUT2D eigenvalue weighted by molar-refractivity contribution is -0.147. The summed E-state index contributed by atoms with van der Waals surface area (Å²) < 4.78 is 0. The first-order valence-electron chi connectivity index (χ1n) is 8.29. The average molecular weight is 345 g/mol. The van der Waals surface area contributed by atoms with Crippen molar-refractivity contribution >= 4 is 11.9 Å².